The van der Waals surface area contributed by atoms with Crippen molar-refractivity contribution in [3.63, 3.8) is 0 Å². The van der Waals surface area contributed by atoms with E-state index in [4.69, 9.17) is 9.15 Å². The van der Waals surface area contributed by atoms with Gasteiger partial charge in [0.1, 0.15) is 5.76 Å². The van der Waals surface area contributed by atoms with Crippen molar-refractivity contribution in [1.82, 2.24) is 15.1 Å². The van der Waals surface area contributed by atoms with Crippen LogP contribution in [0.15, 0.2) is 28.7 Å². The molecule has 1 amide bonds. The zero-order valence-corrected chi connectivity index (χ0v) is 15.9. The molecule has 0 fully saturated rings. The first kappa shape index (κ1) is 18.0. The van der Waals surface area contributed by atoms with Crippen molar-refractivity contribution in [1.29, 1.82) is 0 Å². The number of carbonyl (C=O) groups excluding carboxylic acids is 1. The summed E-state index contributed by atoms with van der Waals surface area (Å²) in [5.74, 6) is 1.40. The zero-order valence-electron chi connectivity index (χ0n) is 15.9. The van der Waals surface area contributed by atoms with Gasteiger partial charge in [-0.1, -0.05) is 12.1 Å². The number of para-hydroxylation sites is 1. The molecule has 1 aromatic carbocycles. The Labute approximate surface area is 153 Å². The molecule has 0 bridgehead atoms. The lowest BCUT2D eigenvalue weighted by Crippen LogP contribution is -2.26. The Hall–Kier alpha value is -2.76. The number of methoxy groups -OCH3 is 1. The van der Waals surface area contributed by atoms with Crippen LogP contribution in [0.3, 0.4) is 0 Å². The third-order valence-corrected chi connectivity index (χ3v) is 4.81. The minimum atomic E-state index is -0.212. The van der Waals surface area contributed by atoms with E-state index in [1.165, 1.54) is 0 Å². The molecular weight excluding hydrogens is 330 g/mol. The van der Waals surface area contributed by atoms with Crippen molar-refractivity contribution in [3.05, 3.63) is 47.0 Å². The van der Waals surface area contributed by atoms with Crippen molar-refractivity contribution in [2.24, 2.45) is 7.05 Å². The number of aryl methyl sites for hydroxylation is 2. The first-order chi connectivity index (χ1) is 12.4. The second kappa shape index (κ2) is 7.23. The molecular formula is C20H25N3O3. The van der Waals surface area contributed by atoms with Crippen molar-refractivity contribution < 1.29 is 13.9 Å². The highest BCUT2D eigenvalue weighted by Gasteiger charge is 2.17. The second-order valence-electron chi connectivity index (χ2n) is 6.59. The fraction of sp³-hybridized carbons (Fsp3) is 0.400. The molecule has 1 atom stereocenters. The first-order valence-electron chi connectivity index (χ1n) is 8.75. The van der Waals surface area contributed by atoms with E-state index in [0.29, 0.717) is 29.9 Å². The predicted molar refractivity (Wildman–Crippen MR) is 100 cm³/mol. The van der Waals surface area contributed by atoms with E-state index in [2.05, 4.69) is 10.4 Å². The zero-order chi connectivity index (χ0) is 18.8. The summed E-state index contributed by atoms with van der Waals surface area (Å²) >= 11 is 0. The standard InChI is InChI=1S/C20H25N3O3/c1-12-16(14(3)23(4)22-12)9-10-19(24)21-13(2)18-11-15-7-6-8-17(25-5)20(15)26-18/h6-8,11,13H,9-10H2,1-5H3,(H,21,24). The average molecular weight is 355 g/mol. The molecule has 26 heavy (non-hydrogen) atoms. The van der Waals surface area contributed by atoms with Gasteiger partial charge in [0.25, 0.3) is 0 Å². The number of nitrogens with zero attached hydrogens (tertiary/aromatic N) is 2. The molecule has 2 heterocycles. The SMILES string of the molecule is COc1cccc2cc(C(C)NC(=O)CCc3c(C)nn(C)c3C)oc12. The maximum atomic E-state index is 12.4. The molecule has 0 saturated carbocycles. The number of furan rings is 1. The minimum absolute atomic E-state index is 0.00688. The normalized spacial score (nSPS) is 12.3. The highest BCUT2D eigenvalue weighted by molar-refractivity contribution is 5.84. The number of ether oxygens (including phenoxy) is 1. The number of fused-ring (bicyclic) bond motifs is 1. The molecule has 3 aromatic rings. The Kier molecular flexibility index (Phi) is 5.02. The smallest absolute Gasteiger partial charge is 0.220 e. The van der Waals surface area contributed by atoms with Crippen LogP contribution in [0, 0.1) is 13.8 Å². The summed E-state index contributed by atoms with van der Waals surface area (Å²) in [6.45, 7) is 5.92. The molecule has 0 saturated heterocycles. The van der Waals surface area contributed by atoms with Gasteiger partial charge in [-0.15, -0.1) is 0 Å². The molecule has 0 aliphatic heterocycles. The van der Waals surface area contributed by atoms with Crippen LogP contribution in [0.1, 0.15) is 42.1 Å². The van der Waals surface area contributed by atoms with Crippen LogP contribution in [0.2, 0.25) is 0 Å². The first-order valence-corrected chi connectivity index (χ1v) is 8.75. The number of aromatic nitrogens is 2. The van der Waals surface area contributed by atoms with E-state index in [1.807, 2.05) is 56.8 Å². The van der Waals surface area contributed by atoms with Crippen LogP contribution in [-0.2, 0) is 18.3 Å². The average Bonchev–Trinajstić information content (AvgIpc) is 3.15. The lowest BCUT2D eigenvalue weighted by atomic mass is 10.1. The van der Waals surface area contributed by atoms with E-state index in [0.717, 1.165) is 22.3 Å². The van der Waals surface area contributed by atoms with Crippen LogP contribution >= 0.6 is 0 Å². The highest BCUT2D eigenvalue weighted by atomic mass is 16.5. The summed E-state index contributed by atoms with van der Waals surface area (Å²) in [7, 11) is 3.54. The van der Waals surface area contributed by atoms with Crippen molar-refractivity contribution in [2.45, 2.75) is 39.7 Å². The lowest BCUT2D eigenvalue weighted by molar-refractivity contribution is -0.121. The molecule has 0 radical (unpaired) electrons. The summed E-state index contributed by atoms with van der Waals surface area (Å²) in [5.41, 5.74) is 3.93. The van der Waals surface area contributed by atoms with Crippen molar-refractivity contribution in [2.75, 3.05) is 7.11 Å². The van der Waals surface area contributed by atoms with E-state index in [9.17, 15) is 4.79 Å². The fourth-order valence-corrected chi connectivity index (χ4v) is 3.23. The van der Waals surface area contributed by atoms with Gasteiger partial charge < -0.3 is 14.5 Å². The predicted octanol–water partition coefficient (Wildman–Crippen LogP) is 3.60. The molecule has 2 aromatic heterocycles. The number of amides is 1. The Morgan fingerprint density at radius 3 is 2.81 bits per heavy atom. The Balaban J connectivity index is 1.66. The quantitative estimate of drug-likeness (QED) is 0.733. The summed E-state index contributed by atoms with van der Waals surface area (Å²) in [6.07, 6.45) is 1.10. The van der Waals surface area contributed by atoms with Gasteiger partial charge >= 0.3 is 0 Å². The topological polar surface area (TPSA) is 69.3 Å². The van der Waals surface area contributed by atoms with Crippen molar-refractivity contribution in [3.8, 4) is 5.75 Å². The van der Waals surface area contributed by atoms with E-state index in [-0.39, 0.29) is 11.9 Å². The molecule has 3 rings (SSSR count). The van der Waals surface area contributed by atoms with Gasteiger partial charge in [0.2, 0.25) is 5.91 Å². The lowest BCUT2D eigenvalue weighted by Gasteiger charge is -2.11. The Morgan fingerprint density at radius 1 is 1.38 bits per heavy atom. The second-order valence-corrected chi connectivity index (χ2v) is 6.59. The monoisotopic (exact) mass is 355 g/mol. The van der Waals surface area contributed by atoms with Crippen LogP contribution in [0.5, 0.6) is 5.75 Å². The highest BCUT2D eigenvalue weighted by Crippen LogP contribution is 2.30. The largest absolute Gasteiger partial charge is 0.493 e. The van der Waals surface area contributed by atoms with Gasteiger partial charge in [0.05, 0.1) is 18.8 Å². The third kappa shape index (κ3) is 3.45. The van der Waals surface area contributed by atoms with Crippen LogP contribution in [0.25, 0.3) is 11.0 Å². The van der Waals surface area contributed by atoms with Crippen LogP contribution < -0.4 is 10.1 Å². The van der Waals surface area contributed by atoms with Gasteiger partial charge in [-0.05, 0) is 44.9 Å². The molecule has 1 N–H and O–H groups in total. The summed E-state index contributed by atoms with van der Waals surface area (Å²) < 4.78 is 13.1. The Bertz CT molecular complexity index is 939. The number of carbonyl (C=O) groups is 1. The van der Waals surface area contributed by atoms with E-state index < -0.39 is 0 Å². The van der Waals surface area contributed by atoms with Crippen LogP contribution in [0.4, 0.5) is 0 Å². The van der Waals surface area contributed by atoms with Gasteiger partial charge in [-0.3, -0.25) is 9.48 Å². The summed E-state index contributed by atoms with van der Waals surface area (Å²) in [6, 6.07) is 7.47. The fourth-order valence-electron chi connectivity index (χ4n) is 3.23. The third-order valence-electron chi connectivity index (χ3n) is 4.81. The number of benzene rings is 1. The van der Waals surface area contributed by atoms with Gasteiger partial charge in [0, 0.05) is 24.5 Å². The van der Waals surface area contributed by atoms with Gasteiger partial charge in [-0.25, -0.2) is 0 Å². The molecule has 0 aliphatic rings. The number of hydrogen-bond donors (Lipinski definition) is 1. The van der Waals surface area contributed by atoms with Crippen molar-refractivity contribution >= 4 is 16.9 Å². The number of rotatable bonds is 6. The summed E-state index contributed by atoms with van der Waals surface area (Å²) in [5, 5.41) is 8.37. The van der Waals surface area contributed by atoms with Gasteiger partial charge in [0.15, 0.2) is 11.3 Å². The van der Waals surface area contributed by atoms with E-state index >= 15 is 0 Å². The molecule has 6 heteroatoms. The van der Waals surface area contributed by atoms with Crippen LogP contribution in [-0.4, -0.2) is 22.8 Å². The molecule has 6 nitrogen and oxygen atoms in total. The van der Waals surface area contributed by atoms with E-state index in [1.54, 1.807) is 7.11 Å². The minimum Gasteiger partial charge on any atom is -0.493 e. The molecule has 0 aliphatic carbocycles. The molecule has 1 unspecified atom stereocenters. The maximum Gasteiger partial charge on any atom is 0.220 e. The number of hydrogen-bond acceptors (Lipinski definition) is 4. The Morgan fingerprint density at radius 2 is 2.15 bits per heavy atom. The van der Waals surface area contributed by atoms with Gasteiger partial charge in [-0.2, -0.15) is 5.10 Å². The molecule has 138 valence electrons. The maximum absolute atomic E-state index is 12.4. The molecule has 0 spiro atoms. The number of nitrogens with one attached hydrogen (secondary N) is 1. The summed E-state index contributed by atoms with van der Waals surface area (Å²) in [4.78, 5) is 12.4.